The van der Waals surface area contributed by atoms with Gasteiger partial charge in [-0.25, -0.2) is 9.97 Å². The Morgan fingerprint density at radius 3 is 2.54 bits per heavy atom. The van der Waals surface area contributed by atoms with Gasteiger partial charge in [0.05, 0.1) is 25.8 Å². The van der Waals surface area contributed by atoms with Gasteiger partial charge in [0.15, 0.2) is 23.9 Å². The lowest BCUT2D eigenvalue weighted by Crippen LogP contribution is -2.58. The van der Waals surface area contributed by atoms with Crippen molar-refractivity contribution in [3.63, 3.8) is 0 Å². The third-order valence-corrected chi connectivity index (χ3v) is 8.23. The molecule has 2 aromatic heterocycles. The Hall–Kier alpha value is -5.72. The van der Waals surface area contributed by atoms with E-state index in [0.717, 1.165) is 11.1 Å². The van der Waals surface area contributed by atoms with Crippen LogP contribution in [0.5, 0.6) is 23.0 Å². The molecular formula is C35H36N6O7. The standard InChI is InChI=1S/C35H36N6O7/c1-45-29-10-6-22-7-11-32(42)37-17-23-8-9-25(16-30(23)46-2)48-28-12-14-41(20-27(28)40-33(43)21-47-31(29)15-22)35(44)24-18-38-34(39-19-24)26-5-3-4-13-36-26/h3-6,8-10,13,15-16,18-19,27-28H,7,11-12,14,17,20-21H2,1-2H3,(H,37,42)(H,40,43)/t27-,28+/m1/s1. The van der Waals surface area contributed by atoms with Gasteiger partial charge in [-0.05, 0) is 48.4 Å². The highest BCUT2D eigenvalue weighted by Crippen LogP contribution is 2.30. The summed E-state index contributed by atoms with van der Waals surface area (Å²) in [5, 5.41) is 5.97. The molecule has 3 amide bonds. The summed E-state index contributed by atoms with van der Waals surface area (Å²) in [5.74, 6) is 1.56. The van der Waals surface area contributed by atoms with Crippen molar-refractivity contribution in [2.24, 2.45) is 0 Å². The fourth-order valence-corrected chi connectivity index (χ4v) is 5.68. The first-order valence-corrected chi connectivity index (χ1v) is 15.6. The summed E-state index contributed by atoms with van der Waals surface area (Å²) in [4.78, 5) is 54.2. The molecule has 0 radical (unpaired) electrons. The van der Waals surface area contributed by atoms with E-state index >= 15 is 0 Å². The van der Waals surface area contributed by atoms with Crippen molar-refractivity contribution in [2.75, 3.05) is 33.9 Å². The SMILES string of the molecule is COc1cc2ccc1CNC(=O)CCc1ccc(OC)c(c1)OCC(=O)N[C@@H]1CN(C(=O)c3cnc(-c4ccccn4)nc3)CC[C@@H]1O2. The summed E-state index contributed by atoms with van der Waals surface area (Å²) >= 11 is 0. The van der Waals surface area contributed by atoms with Gasteiger partial charge < -0.3 is 34.5 Å². The second-order valence-corrected chi connectivity index (χ2v) is 11.4. The highest BCUT2D eigenvalue weighted by Gasteiger charge is 2.35. The maximum Gasteiger partial charge on any atom is 0.258 e. The number of pyridine rings is 1. The molecular weight excluding hydrogens is 616 g/mol. The molecule has 0 aliphatic carbocycles. The van der Waals surface area contributed by atoms with Crippen LogP contribution < -0.4 is 29.6 Å². The molecule has 3 aliphatic rings. The first kappa shape index (κ1) is 32.2. The van der Waals surface area contributed by atoms with Crippen LogP contribution in [0.3, 0.4) is 0 Å². The summed E-state index contributed by atoms with van der Waals surface area (Å²) in [6.45, 7) is 0.532. The maximum absolute atomic E-state index is 13.6. The number of amides is 3. The number of carbonyl (C=O) groups is 3. The van der Waals surface area contributed by atoms with Crippen molar-refractivity contribution in [2.45, 2.75) is 38.0 Å². The Balaban J connectivity index is 1.24. The molecule has 1 saturated heterocycles. The summed E-state index contributed by atoms with van der Waals surface area (Å²) in [6, 6.07) is 15.6. The molecule has 4 bridgehead atoms. The topological polar surface area (TPSA) is 154 Å². The smallest absolute Gasteiger partial charge is 0.258 e. The zero-order valence-electron chi connectivity index (χ0n) is 26.7. The van der Waals surface area contributed by atoms with Crippen LogP contribution in [0.1, 0.15) is 34.3 Å². The minimum absolute atomic E-state index is 0.118. The van der Waals surface area contributed by atoms with E-state index in [0.29, 0.717) is 59.5 Å². The molecule has 2 N–H and O–H groups in total. The maximum atomic E-state index is 13.6. The minimum atomic E-state index is -0.576. The van der Waals surface area contributed by atoms with Gasteiger partial charge in [-0.1, -0.05) is 12.1 Å². The van der Waals surface area contributed by atoms with E-state index in [2.05, 4.69) is 25.6 Å². The second kappa shape index (κ2) is 14.8. The first-order valence-electron chi connectivity index (χ1n) is 15.6. The van der Waals surface area contributed by atoms with Crippen molar-refractivity contribution in [3.8, 4) is 34.5 Å². The fraction of sp³-hybridized carbons (Fsp3) is 0.314. The van der Waals surface area contributed by atoms with Crippen molar-refractivity contribution in [1.29, 1.82) is 0 Å². The number of hydrogen-bond donors (Lipinski definition) is 2. The van der Waals surface area contributed by atoms with Crippen molar-refractivity contribution >= 4 is 17.7 Å². The van der Waals surface area contributed by atoms with E-state index in [-0.39, 0.29) is 37.9 Å². The number of aromatic nitrogens is 3. The number of fused-ring (bicyclic) bond motifs is 9. The molecule has 13 nitrogen and oxygen atoms in total. The van der Waals surface area contributed by atoms with Crippen molar-refractivity contribution < 1.29 is 33.3 Å². The molecule has 7 rings (SSSR count). The lowest BCUT2D eigenvalue weighted by molar-refractivity contribution is -0.125. The van der Waals surface area contributed by atoms with Crippen LogP contribution in [-0.2, 0) is 22.6 Å². The van der Waals surface area contributed by atoms with Crippen LogP contribution in [0.15, 0.2) is 73.2 Å². The summed E-state index contributed by atoms with van der Waals surface area (Å²) < 4.78 is 23.4. The Kier molecular flexibility index (Phi) is 9.93. The molecule has 2 aromatic carbocycles. The van der Waals surface area contributed by atoms with Gasteiger partial charge in [-0.2, -0.15) is 0 Å². The highest BCUT2D eigenvalue weighted by molar-refractivity contribution is 5.94. The molecule has 0 unspecified atom stereocenters. The minimum Gasteiger partial charge on any atom is -0.496 e. The number of benzene rings is 2. The average Bonchev–Trinajstić information content (AvgIpc) is 3.13. The third kappa shape index (κ3) is 7.63. The number of ether oxygens (including phenoxy) is 4. The van der Waals surface area contributed by atoms with Gasteiger partial charge in [-0.15, -0.1) is 0 Å². The Bertz CT molecular complexity index is 1770. The van der Waals surface area contributed by atoms with Crippen LogP contribution in [-0.4, -0.2) is 83.6 Å². The molecule has 5 heterocycles. The summed E-state index contributed by atoms with van der Waals surface area (Å²) in [6.07, 6.45) is 5.30. The highest BCUT2D eigenvalue weighted by atomic mass is 16.5. The molecule has 48 heavy (non-hydrogen) atoms. The predicted octanol–water partition coefficient (Wildman–Crippen LogP) is 2.98. The Morgan fingerprint density at radius 1 is 0.938 bits per heavy atom. The molecule has 4 aromatic rings. The Labute approximate surface area is 277 Å². The summed E-state index contributed by atoms with van der Waals surface area (Å²) in [5.41, 5.74) is 2.57. The summed E-state index contributed by atoms with van der Waals surface area (Å²) in [7, 11) is 3.07. The Morgan fingerprint density at radius 2 is 1.77 bits per heavy atom. The lowest BCUT2D eigenvalue weighted by Gasteiger charge is -2.38. The molecule has 3 aliphatic heterocycles. The number of methoxy groups -OCH3 is 2. The van der Waals surface area contributed by atoms with Gasteiger partial charge >= 0.3 is 0 Å². The van der Waals surface area contributed by atoms with E-state index in [9.17, 15) is 14.4 Å². The molecule has 1 fully saturated rings. The fourth-order valence-electron chi connectivity index (χ4n) is 5.68. The average molecular weight is 653 g/mol. The zero-order valence-corrected chi connectivity index (χ0v) is 26.7. The molecule has 0 saturated carbocycles. The number of aryl methyl sites for hydroxylation is 1. The van der Waals surface area contributed by atoms with Crippen LogP contribution in [0.2, 0.25) is 0 Å². The van der Waals surface area contributed by atoms with Gasteiger partial charge in [0.1, 0.15) is 23.3 Å². The van der Waals surface area contributed by atoms with Gasteiger partial charge in [0, 0.05) is 62.7 Å². The van der Waals surface area contributed by atoms with Crippen LogP contribution >= 0.6 is 0 Å². The van der Waals surface area contributed by atoms with E-state index in [1.807, 2.05) is 18.2 Å². The van der Waals surface area contributed by atoms with E-state index in [4.69, 9.17) is 18.9 Å². The van der Waals surface area contributed by atoms with Crippen molar-refractivity contribution in [3.05, 3.63) is 89.9 Å². The van der Waals surface area contributed by atoms with E-state index < -0.39 is 18.1 Å². The number of carbonyl (C=O) groups excluding carboxylic acids is 3. The lowest BCUT2D eigenvalue weighted by atomic mass is 10.0. The third-order valence-electron chi connectivity index (χ3n) is 8.23. The number of piperidine rings is 1. The first-order chi connectivity index (χ1) is 23.4. The number of nitrogens with zero attached hydrogens (tertiary/aromatic N) is 4. The van der Waals surface area contributed by atoms with Crippen LogP contribution in [0.4, 0.5) is 0 Å². The molecule has 2 atom stereocenters. The predicted molar refractivity (Wildman–Crippen MR) is 174 cm³/mol. The van der Waals surface area contributed by atoms with E-state index in [1.54, 1.807) is 54.6 Å². The van der Waals surface area contributed by atoms with Gasteiger partial charge in [0.2, 0.25) is 5.91 Å². The number of likely N-dealkylation sites (tertiary alicyclic amines) is 1. The van der Waals surface area contributed by atoms with Gasteiger partial charge in [-0.3, -0.25) is 19.4 Å². The van der Waals surface area contributed by atoms with Crippen molar-refractivity contribution in [1.82, 2.24) is 30.5 Å². The van der Waals surface area contributed by atoms with Gasteiger partial charge in [0.25, 0.3) is 11.8 Å². The number of rotatable bonds is 4. The largest absolute Gasteiger partial charge is 0.496 e. The number of hydrogen-bond acceptors (Lipinski definition) is 10. The molecule has 0 spiro atoms. The second-order valence-electron chi connectivity index (χ2n) is 11.4. The normalized spacial score (nSPS) is 18.4. The van der Waals surface area contributed by atoms with Crippen LogP contribution in [0.25, 0.3) is 11.5 Å². The monoisotopic (exact) mass is 652 g/mol. The van der Waals surface area contributed by atoms with E-state index in [1.165, 1.54) is 19.5 Å². The molecule has 13 heteroatoms. The van der Waals surface area contributed by atoms with Crippen LogP contribution in [0, 0.1) is 0 Å². The quantitative estimate of drug-likeness (QED) is 0.336. The molecule has 248 valence electrons. The zero-order chi connectivity index (χ0) is 33.5. The number of nitrogens with one attached hydrogen (secondary N) is 2.